The fraction of sp³-hybridized carbons (Fsp3) is 0.267. The molecule has 1 heterocycles. The molecule has 0 N–H and O–H groups in total. The second-order valence-corrected chi connectivity index (χ2v) is 5.43. The van der Waals surface area contributed by atoms with E-state index in [-0.39, 0.29) is 5.91 Å². The van der Waals surface area contributed by atoms with Crippen LogP contribution in [-0.2, 0) is 0 Å². The number of hydrogen-bond acceptors (Lipinski definition) is 2. The van der Waals surface area contributed by atoms with Crippen molar-refractivity contribution in [3.05, 3.63) is 35.2 Å². The van der Waals surface area contributed by atoms with Crippen molar-refractivity contribution in [2.24, 2.45) is 0 Å². The summed E-state index contributed by atoms with van der Waals surface area (Å²) in [5, 5.41) is 2.98. The summed E-state index contributed by atoms with van der Waals surface area (Å²) >= 11 is 1.61. The summed E-state index contributed by atoms with van der Waals surface area (Å²) in [6.07, 6.45) is 7.52. The van der Waals surface area contributed by atoms with Gasteiger partial charge in [-0.15, -0.1) is 17.8 Å². The molecule has 1 aromatic heterocycles. The third kappa shape index (κ3) is 1.89. The summed E-state index contributed by atoms with van der Waals surface area (Å²) in [5.74, 6) is 2.67. The lowest BCUT2D eigenvalue weighted by Crippen LogP contribution is -2.33. The van der Waals surface area contributed by atoms with Crippen LogP contribution < -0.4 is 0 Å². The minimum absolute atomic E-state index is 0.0768. The number of terminal acetylenes is 1. The van der Waals surface area contributed by atoms with E-state index in [4.69, 9.17) is 6.42 Å². The van der Waals surface area contributed by atoms with Crippen LogP contribution in [0.3, 0.4) is 0 Å². The van der Waals surface area contributed by atoms with Crippen molar-refractivity contribution in [1.29, 1.82) is 0 Å². The summed E-state index contributed by atoms with van der Waals surface area (Å²) in [6.45, 7) is 0.410. The largest absolute Gasteiger partial charge is 0.324 e. The SMILES string of the molecule is C#CCN(C(=O)c1csc2ccccc12)C1CC1. The number of thiophene rings is 1. The van der Waals surface area contributed by atoms with Crippen LogP contribution in [-0.4, -0.2) is 23.4 Å². The maximum absolute atomic E-state index is 12.5. The molecule has 1 aromatic carbocycles. The summed E-state index contributed by atoms with van der Waals surface area (Å²) < 4.78 is 1.15. The monoisotopic (exact) mass is 255 g/mol. The third-order valence-electron chi connectivity index (χ3n) is 3.22. The second-order valence-electron chi connectivity index (χ2n) is 4.51. The Labute approximate surface area is 110 Å². The average molecular weight is 255 g/mol. The fourth-order valence-electron chi connectivity index (χ4n) is 2.15. The summed E-state index contributed by atoms with van der Waals surface area (Å²) in [7, 11) is 0. The molecule has 0 unspecified atom stereocenters. The highest BCUT2D eigenvalue weighted by Gasteiger charge is 2.33. The van der Waals surface area contributed by atoms with Gasteiger partial charge in [-0.3, -0.25) is 4.79 Å². The molecule has 0 spiro atoms. The number of fused-ring (bicyclic) bond motifs is 1. The van der Waals surface area contributed by atoms with Gasteiger partial charge in [-0.25, -0.2) is 0 Å². The van der Waals surface area contributed by atoms with Crippen molar-refractivity contribution in [2.75, 3.05) is 6.54 Å². The number of amides is 1. The lowest BCUT2D eigenvalue weighted by Gasteiger charge is -2.19. The quantitative estimate of drug-likeness (QED) is 0.772. The smallest absolute Gasteiger partial charge is 0.256 e. The molecule has 1 fully saturated rings. The lowest BCUT2D eigenvalue weighted by molar-refractivity contribution is 0.0768. The van der Waals surface area contributed by atoms with Gasteiger partial charge < -0.3 is 4.90 Å². The van der Waals surface area contributed by atoms with Gasteiger partial charge in [0.1, 0.15) is 0 Å². The molecule has 18 heavy (non-hydrogen) atoms. The predicted molar refractivity (Wildman–Crippen MR) is 74.7 cm³/mol. The maximum atomic E-state index is 12.5. The van der Waals surface area contributed by atoms with Crippen LogP contribution in [0.1, 0.15) is 23.2 Å². The third-order valence-corrected chi connectivity index (χ3v) is 4.19. The molecular formula is C15H13NOS. The Morgan fingerprint density at radius 1 is 1.44 bits per heavy atom. The van der Waals surface area contributed by atoms with Crippen LogP contribution in [0.15, 0.2) is 29.6 Å². The average Bonchev–Trinajstić information content (AvgIpc) is 3.14. The van der Waals surface area contributed by atoms with Gasteiger partial charge in [0.05, 0.1) is 12.1 Å². The Balaban J connectivity index is 1.98. The standard InChI is InChI=1S/C15H13NOS/c1-2-9-16(11-7-8-11)15(17)13-10-18-14-6-4-3-5-12(13)14/h1,3-6,10-11H,7-9H2. The van der Waals surface area contributed by atoms with Crippen molar-refractivity contribution in [1.82, 2.24) is 4.90 Å². The second kappa shape index (κ2) is 4.47. The highest BCUT2D eigenvalue weighted by atomic mass is 32.1. The van der Waals surface area contributed by atoms with Crippen molar-refractivity contribution >= 4 is 27.3 Å². The van der Waals surface area contributed by atoms with E-state index in [9.17, 15) is 4.79 Å². The molecule has 1 saturated carbocycles. The molecule has 0 radical (unpaired) electrons. The van der Waals surface area contributed by atoms with E-state index in [0.29, 0.717) is 12.6 Å². The first-order valence-electron chi connectivity index (χ1n) is 6.02. The number of nitrogens with zero attached hydrogens (tertiary/aromatic N) is 1. The molecule has 0 aliphatic heterocycles. The Morgan fingerprint density at radius 3 is 2.94 bits per heavy atom. The van der Waals surface area contributed by atoms with Crippen LogP contribution in [0.25, 0.3) is 10.1 Å². The van der Waals surface area contributed by atoms with Crippen LogP contribution in [0.4, 0.5) is 0 Å². The van der Waals surface area contributed by atoms with Crippen molar-refractivity contribution < 1.29 is 4.79 Å². The van der Waals surface area contributed by atoms with Gasteiger partial charge in [-0.1, -0.05) is 24.1 Å². The van der Waals surface area contributed by atoms with Gasteiger partial charge >= 0.3 is 0 Å². The normalized spacial score (nSPS) is 14.4. The molecule has 1 aliphatic rings. The fourth-order valence-corrected chi connectivity index (χ4v) is 3.08. The number of carbonyl (C=O) groups is 1. The zero-order chi connectivity index (χ0) is 12.5. The molecule has 3 rings (SSSR count). The molecular weight excluding hydrogens is 242 g/mol. The number of rotatable bonds is 3. The Hall–Kier alpha value is -1.79. The summed E-state index contributed by atoms with van der Waals surface area (Å²) in [5.41, 5.74) is 0.790. The Bertz CT molecular complexity index is 633. The van der Waals surface area contributed by atoms with Crippen molar-refractivity contribution in [3.63, 3.8) is 0 Å². The van der Waals surface area contributed by atoms with Crippen LogP contribution in [0, 0.1) is 12.3 Å². The zero-order valence-electron chi connectivity index (χ0n) is 9.93. The minimum Gasteiger partial charge on any atom is -0.324 e. The maximum Gasteiger partial charge on any atom is 0.256 e. The lowest BCUT2D eigenvalue weighted by atomic mass is 10.1. The molecule has 1 amide bonds. The number of carbonyl (C=O) groups excluding carboxylic acids is 1. The highest BCUT2D eigenvalue weighted by Crippen LogP contribution is 2.31. The van der Waals surface area contributed by atoms with Gasteiger partial charge in [-0.05, 0) is 18.9 Å². The van der Waals surface area contributed by atoms with Gasteiger partial charge in [0.15, 0.2) is 0 Å². The molecule has 2 nitrogen and oxygen atoms in total. The van der Waals surface area contributed by atoms with E-state index >= 15 is 0 Å². The van der Waals surface area contributed by atoms with Crippen LogP contribution in [0.5, 0.6) is 0 Å². The molecule has 3 heteroatoms. The Kier molecular flexibility index (Phi) is 2.81. The van der Waals surface area contributed by atoms with Crippen molar-refractivity contribution in [3.8, 4) is 12.3 Å². The van der Waals surface area contributed by atoms with E-state index in [1.54, 1.807) is 11.3 Å². The van der Waals surface area contributed by atoms with Crippen LogP contribution in [0.2, 0.25) is 0 Å². The van der Waals surface area contributed by atoms with E-state index in [0.717, 1.165) is 28.5 Å². The van der Waals surface area contributed by atoms with E-state index in [2.05, 4.69) is 5.92 Å². The highest BCUT2D eigenvalue weighted by molar-refractivity contribution is 7.17. The molecule has 2 aromatic rings. The molecule has 0 atom stereocenters. The number of benzene rings is 1. The van der Waals surface area contributed by atoms with E-state index < -0.39 is 0 Å². The van der Waals surface area contributed by atoms with Crippen molar-refractivity contribution in [2.45, 2.75) is 18.9 Å². The van der Waals surface area contributed by atoms with Crippen LogP contribution >= 0.6 is 11.3 Å². The molecule has 0 saturated heterocycles. The van der Waals surface area contributed by atoms with Gasteiger partial charge in [0.2, 0.25) is 0 Å². The first kappa shape index (κ1) is 11.3. The Morgan fingerprint density at radius 2 is 2.22 bits per heavy atom. The van der Waals surface area contributed by atoms with Gasteiger partial charge in [-0.2, -0.15) is 0 Å². The predicted octanol–water partition coefficient (Wildman–Crippen LogP) is 3.14. The van der Waals surface area contributed by atoms with Gasteiger partial charge in [0.25, 0.3) is 5.91 Å². The molecule has 1 aliphatic carbocycles. The first-order chi connectivity index (χ1) is 8.81. The first-order valence-corrected chi connectivity index (χ1v) is 6.90. The summed E-state index contributed by atoms with van der Waals surface area (Å²) in [6, 6.07) is 8.36. The van der Waals surface area contributed by atoms with E-state index in [1.807, 2.05) is 34.5 Å². The zero-order valence-corrected chi connectivity index (χ0v) is 10.7. The molecule has 0 bridgehead atoms. The van der Waals surface area contributed by atoms with Gasteiger partial charge in [0, 0.05) is 21.5 Å². The molecule has 90 valence electrons. The number of hydrogen-bond donors (Lipinski definition) is 0. The minimum atomic E-state index is 0.0768. The summed E-state index contributed by atoms with van der Waals surface area (Å²) in [4.78, 5) is 14.4. The van der Waals surface area contributed by atoms with E-state index in [1.165, 1.54) is 0 Å². The topological polar surface area (TPSA) is 20.3 Å².